The Hall–Kier alpha value is -1.22. The van der Waals surface area contributed by atoms with Gasteiger partial charge in [-0.05, 0) is 50.0 Å². The van der Waals surface area contributed by atoms with E-state index in [0.29, 0.717) is 19.3 Å². The van der Waals surface area contributed by atoms with Crippen molar-refractivity contribution >= 4 is 29.9 Å². The van der Waals surface area contributed by atoms with Crippen LogP contribution in [0, 0.1) is 5.92 Å². The molecule has 1 aromatic rings. The molecule has 1 atom stereocenters. The van der Waals surface area contributed by atoms with Crippen molar-refractivity contribution in [3.63, 3.8) is 0 Å². The van der Waals surface area contributed by atoms with Crippen LogP contribution < -0.4 is 20.1 Å². The molecule has 0 radical (unpaired) electrons. The van der Waals surface area contributed by atoms with Gasteiger partial charge in [-0.25, -0.2) is 0 Å². The third-order valence-corrected chi connectivity index (χ3v) is 4.40. The van der Waals surface area contributed by atoms with Crippen LogP contribution in [0.3, 0.4) is 0 Å². The van der Waals surface area contributed by atoms with Gasteiger partial charge in [0, 0.05) is 26.7 Å². The van der Waals surface area contributed by atoms with Gasteiger partial charge in [-0.1, -0.05) is 6.07 Å². The second kappa shape index (κ2) is 9.31. The number of benzene rings is 1. The molecule has 1 unspecified atom stereocenters. The Labute approximate surface area is 161 Å². The molecule has 24 heavy (non-hydrogen) atoms. The summed E-state index contributed by atoms with van der Waals surface area (Å²) in [5.74, 6) is 3.17. The molecule has 3 rings (SSSR count). The summed E-state index contributed by atoms with van der Waals surface area (Å²) in [6, 6.07) is 6.01. The Morgan fingerprint density at radius 1 is 1.29 bits per heavy atom. The number of hydrogen-bond acceptors (Lipinski definition) is 4. The number of nitrogens with zero attached hydrogens (tertiary/aromatic N) is 2. The van der Waals surface area contributed by atoms with Gasteiger partial charge in [0.05, 0.1) is 0 Å². The molecule has 0 spiro atoms. The number of halogens is 1. The summed E-state index contributed by atoms with van der Waals surface area (Å²) in [5.41, 5.74) is 1.15. The number of fused-ring (bicyclic) bond motifs is 1. The van der Waals surface area contributed by atoms with E-state index in [0.717, 1.165) is 36.1 Å². The van der Waals surface area contributed by atoms with Crippen LogP contribution in [0.1, 0.15) is 18.4 Å². The zero-order valence-electron chi connectivity index (χ0n) is 14.4. The fraction of sp³-hybridized carbons (Fsp3) is 0.588. The van der Waals surface area contributed by atoms with Gasteiger partial charge in [-0.15, -0.1) is 24.0 Å². The van der Waals surface area contributed by atoms with Crippen molar-refractivity contribution in [3.05, 3.63) is 23.8 Å². The molecule has 0 saturated carbocycles. The SMILES string of the molecule is CN=C(NCc1ccc2c(c1)OCO2)NCC1CCCN(C)C1.I. The highest BCUT2D eigenvalue weighted by Crippen LogP contribution is 2.32. The van der Waals surface area contributed by atoms with E-state index in [-0.39, 0.29) is 24.0 Å². The maximum atomic E-state index is 5.41. The van der Waals surface area contributed by atoms with Crippen LogP contribution >= 0.6 is 24.0 Å². The number of ether oxygens (including phenoxy) is 2. The van der Waals surface area contributed by atoms with Crippen molar-refractivity contribution in [2.24, 2.45) is 10.9 Å². The molecule has 0 aliphatic carbocycles. The van der Waals surface area contributed by atoms with Crippen molar-refractivity contribution in [2.45, 2.75) is 19.4 Å². The smallest absolute Gasteiger partial charge is 0.231 e. The molecule has 2 N–H and O–H groups in total. The molecule has 1 fully saturated rings. The normalized spacial score (nSPS) is 20.4. The number of guanidine groups is 1. The van der Waals surface area contributed by atoms with E-state index in [2.05, 4.69) is 27.6 Å². The van der Waals surface area contributed by atoms with Crippen molar-refractivity contribution in [2.75, 3.05) is 40.5 Å². The third kappa shape index (κ3) is 5.14. The largest absolute Gasteiger partial charge is 0.454 e. The molecule has 0 bridgehead atoms. The van der Waals surface area contributed by atoms with Crippen molar-refractivity contribution < 1.29 is 9.47 Å². The number of rotatable bonds is 4. The third-order valence-electron chi connectivity index (χ3n) is 4.40. The Balaban J connectivity index is 0.00000208. The zero-order valence-corrected chi connectivity index (χ0v) is 16.7. The van der Waals surface area contributed by atoms with Crippen LogP contribution in [0.5, 0.6) is 11.5 Å². The molecular formula is C17H27IN4O2. The Bertz CT molecular complexity index is 568. The van der Waals surface area contributed by atoms with Gasteiger partial charge in [-0.2, -0.15) is 0 Å². The lowest BCUT2D eigenvalue weighted by Crippen LogP contribution is -2.43. The first-order valence-corrected chi connectivity index (χ1v) is 8.26. The van der Waals surface area contributed by atoms with Gasteiger partial charge in [0.1, 0.15) is 0 Å². The van der Waals surface area contributed by atoms with Gasteiger partial charge in [0.2, 0.25) is 6.79 Å². The number of nitrogens with one attached hydrogen (secondary N) is 2. The quantitative estimate of drug-likeness (QED) is 0.421. The minimum atomic E-state index is 0. The Kier molecular flexibility index (Phi) is 7.41. The summed E-state index contributed by atoms with van der Waals surface area (Å²) in [7, 11) is 4.00. The predicted molar refractivity (Wildman–Crippen MR) is 106 cm³/mol. The molecule has 2 heterocycles. The van der Waals surface area contributed by atoms with Crippen molar-refractivity contribution in [3.8, 4) is 11.5 Å². The highest BCUT2D eigenvalue weighted by atomic mass is 127. The van der Waals surface area contributed by atoms with Crippen LogP contribution in [0.2, 0.25) is 0 Å². The predicted octanol–water partition coefficient (Wildman–Crippen LogP) is 2.04. The Morgan fingerprint density at radius 2 is 2.12 bits per heavy atom. The van der Waals surface area contributed by atoms with Gasteiger partial charge in [-0.3, -0.25) is 4.99 Å². The van der Waals surface area contributed by atoms with Gasteiger partial charge >= 0.3 is 0 Å². The first kappa shape index (κ1) is 19.1. The van der Waals surface area contributed by atoms with E-state index in [1.165, 1.54) is 19.4 Å². The fourth-order valence-electron chi connectivity index (χ4n) is 3.14. The van der Waals surface area contributed by atoms with Crippen LogP contribution in [0.4, 0.5) is 0 Å². The van der Waals surface area contributed by atoms with Crippen LogP contribution in [0.15, 0.2) is 23.2 Å². The molecule has 134 valence electrons. The van der Waals surface area contributed by atoms with E-state index in [1.54, 1.807) is 0 Å². The van der Waals surface area contributed by atoms with E-state index < -0.39 is 0 Å². The topological polar surface area (TPSA) is 58.1 Å². The lowest BCUT2D eigenvalue weighted by atomic mass is 9.99. The average Bonchev–Trinajstić information content (AvgIpc) is 3.03. The molecule has 0 amide bonds. The summed E-state index contributed by atoms with van der Waals surface area (Å²) >= 11 is 0. The maximum Gasteiger partial charge on any atom is 0.231 e. The highest BCUT2D eigenvalue weighted by molar-refractivity contribution is 14.0. The summed E-state index contributed by atoms with van der Waals surface area (Å²) in [6.45, 7) is 4.36. The maximum absolute atomic E-state index is 5.41. The first-order chi connectivity index (χ1) is 11.2. The molecule has 0 aromatic heterocycles. The number of piperidine rings is 1. The zero-order chi connectivity index (χ0) is 16.1. The highest BCUT2D eigenvalue weighted by Gasteiger charge is 2.17. The number of likely N-dealkylation sites (tertiary alicyclic amines) is 1. The molecule has 6 nitrogen and oxygen atoms in total. The average molecular weight is 446 g/mol. The van der Waals surface area contributed by atoms with E-state index >= 15 is 0 Å². The first-order valence-electron chi connectivity index (χ1n) is 8.26. The van der Waals surface area contributed by atoms with Crippen molar-refractivity contribution in [1.29, 1.82) is 0 Å². The standard InChI is InChI=1S/C17H26N4O2.HI/c1-18-17(20-10-14-4-3-7-21(2)11-14)19-9-13-5-6-15-16(8-13)23-12-22-15;/h5-6,8,14H,3-4,7,9-12H2,1-2H3,(H2,18,19,20);1H. The second-order valence-corrected chi connectivity index (χ2v) is 6.26. The van der Waals surface area contributed by atoms with Gasteiger partial charge in [0.25, 0.3) is 0 Å². The monoisotopic (exact) mass is 446 g/mol. The fourth-order valence-corrected chi connectivity index (χ4v) is 3.14. The summed E-state index contributed by atoms with van der Waals surface area (Å²) in [6.07, 6.45) is 2.57. The van der Waals surface area contributed by atoms with Gasteiger partial charge < -0.3 is 25.0 Å². The molecule has 7 heteroatoms. The minimum Gasteiger partial charge on any atom is -0.454 e. The minimum absolute atomic E-state index is 0. The van der Waals surface area contributed by atoms with E-state index in [4.69, 9.17) is 9.47 Å². The van der Waals surface area contributed by atoms with Gasteiger partial charge in [0.15, 0.2) is 17.5 Å². The molecule has 1 aromatic carbocycles. The van der Waals surface area contributed by atoms with Crippen LogP contribution in [0.25, 0.3) is 0 Å². The lowest BCUT2D eigenvalue weighted by Gasteiger charge is -2.30. The molecule has 2 aliphatic heterocycles. The van der Waals surface area contributed by atoms with Crippen LogP contribution in [-0.4, -0.2) is 51.4 Å². The van der Waals surface area contributed by atoms with E-state index in [1.807, 2.05) is 25.2 Å². The molecular weight excluding hydrogens is 419 g/mol. The summed E-state index contributed by atoms with van der Waals surface area (Å²) in [5, 5.41) is 6.80. The second-order valence-electron chi connectivity index (χ2n) is 6.26. The number of hydrogen-bond donors (Lipinski definition) is 2. The van der Waals surface area contributed by atoms with Crippen LogP contribution in [-0.2, 0) is 6.54 Å². The summed E-state index contributed by atoms with van der Waals surface area (Å²) in [4.78, 5) is 6.71. The van der Waals surface area contributed by atoms with Crippen molar-refractivity contribution in [1.82, 2.24) is 15.5 Å². The summed E-state index contributed by atoms with van der Waals surface area (Å²) < 4.78 is 10.7. The van der Waals surface area contributed by atoms with E-state index in [9.17, 15) is 0 Å². The molecule has 2 aliphatic rings. The number of aliphatic imine (C=N–C) groups is 1. The molecule has 1 saturated heterocycles. The Morgan fingerprint density at radius 3 is 2.92 bits per heavy atom. The lowest BCUT2D eigenvalue weighted by molar-refractivity contribution is 0.174.